The topological polar surface area (TPSA) is 130 Å². The van der Waals surface area contributed by atoms with Crippen molar-refractivity contribution in [3.8, 4) is 17.9 Å². The van der Waals surface area contributed by atoms with E-state index in [1.54, 1.807) is 43.3 Å². The Balaban J connectivity index is 1.88. The molecule has 0 aliphatic carbocycles. The molecule has 2 aromatic carbocycles. The van der Waals surface area contributed by atoms with Crippen LogP contribution in [0.2, 0.25) is 0 Å². The smallest absolute Gasteiger partial charge is 0.412 e. The molecule has 0 unspecified atom stereocenters. The highest BCUT2D eigenvalue weighted by Crippen LogP contribution is 2.29. The van der Waals surface area contributed by atoms with Crippen molar-refractivity contribution in [1.29, 1.82) is 10.5 Å². The number of aryl methyl sites for hydroxylation is 1. The summed E-state index contributed by atoms with van der Waals surface area (Å²) in [4.78, 5) is 17.3. The van der Waals surface area contributed by atoms with Crippen LogP contribution in [0.5, 0.6) is 5.75 Å². The van der Waals surface area contributed by atoms with Gasteiger partial charge < -0.3 is 14.9 Å². The van der Waals surface area contributed by atoms with Crippen LogP contribution in [0.25, 0.3) is 0 Å². The van der Waals surface area contributed by atoms with Crippen LogP contribution in [0.1, 0.15) is 33.5 Å². The number of nitrogens with zero attached hydrogens (tertiary/aromatic N) is 4. The maximum absolute atomic E-state index is 11.9. The Hall–Kier alpha value is -4.40. The Bertz CT molecular complexity index is 1190. The van der Waals surface area contributed by atoms with Crippen molar-refractivity contribution in [2.24, 2.45) is 0 Å². The summed E-state index contributed by atoms with van der Waals surface area (Å²) in [6.07, 6.45) is 0.342. The lowest BCUT2D eigenvalue weighted by molar-refractivity contribution is 0.201. The second-order valence-corrected chi connectivity index (χ2v) is 6.96. The Morgan fingerprint density at radius 1 is 1.06 bits per heavy atom. The molecule has 8 heteroatoms. The van der Waals surface area contributed by atoms with Crippen LogP contribution in [0.15, 0.2) is 54.7 Å². The van der Waals surface area contributed by atoms with Crippen molar-refractivity contribution in [1.82, 2.24) is 4.98 Å². The fourth-order valence-corrected chi connectivity index (χ4v) is 3.16. The molecule has 8 nitrogen and oxygen atoms in total. The van der Waals surface area contributed by atoms with Gasteiger partial charge in [-0.2, -0.15) is 10.5 Å². The molecule has 2 N–H and O–H groups in total. The van der Waals surface area contributed by atoms with Gasteiger partial charge in [-0.25, -0.2) is 4.79 Å². The Morgan fingerprint density at radius 3 is 2.19 bits per heavy atom. The van der Waals surface area contributed by atoms with Gasteiger partial charge >= 0.3 is 6.09 Å². The second-order valence-electron chi connectivity index (χ2n) is 6.96. The SMILES string of the molecule is Cc1ncc(CN(C(=O)O)c2ccc(C#N)cc2)c(CO)c1OCc1ccc(C#N)cc1. The molecule has 0 saturated heterocycles. The Kier molecular flexibility index (Phi) is 7.02. The number of ether oxygens (including phenoxy) is 1. The molecule has 32 heavy (non-hydrogen) atoms. The summed E-state index contributed by atoms with van der Waals surface area (Å²) < 4.78 is 5.93. The van der Waals surface area contributed by atoms with Gasteiger partial charge in [0, 0.05) is 17.4 Å². The van der Waals surface area contributed by atoms with E-state index < -0.39 is 6.09 Å². The van der Waals surface area contributed by atoms with Crippen LogP contribution < -0.4 is 9.64 Å². The molecule has 160 valence electrons. The summed E-state index contributed by atoms with van der Waals surface area (Å²) in [6, 6.07) is 17.2. The van der Waals surface area contributed by atoms with E-state index >= 15 is 0 Å². The summed E-state index contributed by atoms with van der Waals surface area (Å²) in [7, 11) is 0. The monoisotopic (exact) mass is 428 g/mol. The van der Waals surface area contributed by atoms with E-state index in [0.29, 0.717) is 39.4 Å². The lowest BCUT2D eigenvalue weighted by Gasteiger charge is -2.22. The third-order valence-corrected chi connectivity index (χ3v) is 4.90. The number of rotatable bonds is 7. The lowest BCUT2D eigenvalue weighted by Crippen LogP contribution is -2.29. The van der Waals surface area contributed by atoms with Crippen LogP contribution in [-0.4, -0.2) is 21.3 Å². The number of hydrogen-bond donors (Lipinski definition) is 2. The predicted molar refractivity (Wildman–Crippen MR) is 116 cm³/mol. The van der Waals surface area contributed by atoms with E-state index in [-0.39, 0.29) is 19.8 Å². The molecule has 1 amide bonds. The summed E-state index contributed by atoms with van der Waals surface area (Å²) in [5.74, 6) is 0.388. The zero-order valence-electron chi connectivity index (χ0n) is 17.3. The number of pyridine rings is 1. The molecule has 3 aromatic rings. The van der Waals surface area contributed by atoms with Gasteiger partial charge in [0.25, 0.3) is 0 Å². The van der Waals surface area contributed by atoms with Gasteiger partial charge in [-0.05, 0) is 54.4 Å². The molecule has 0 atom stereocenters. The third-order valence-electron chi connectivity index (χ3n) is 4.90. The Morgan fingerprint density at radius 2 is 1.66 bits per heavy atom. The number of carboxylic acid groups (broad SMARTS) is 1. The maximum atomic E-state index is 11.9. The van der Waals surface area contributed by atoms with Crippen LogP contribution >= 0.6 is 0 Å². The number of benzene rings is 2. The maximum Gasteiger partial charge on any atom is 0.412 e. The predicted octanol–water partition coefficient (Wildman–Crippen LogP) is 3.89. The fourth-order valence-electron chi connectivity index (χ4n) is 3.16. The van der Waals surface area contributed by atoms with E-state index in [0.717, 1.165) is 10.5 Å². The molecule has 0 bridgehead atoms. The Labute approximate surface area is 185 Å². The summed E-state index contributed by atoms with van der Waals surface area (Å²) >= 11 is 0. The number of aromatic nitrogens is 1. The first-order valence-electron chi connectivity index (χ1n) is 9.67. The molecule has 0 radical (unpaired) electrons. The number of aliphatic hydroxyl groups is 1. The average Bonchev–Trinajstić information content (AvgIpc) is 2.82. The normalized spacial score (nSPS) is 10.1. The van der Waals surface area contributed by atoms with E-state index in [1.807, 2.05) is 6.07 Å². The van der Waals surface area contributed by atoms with Crippen LogP contribution in [0.4, 0.5) is 10.5 Å². The minimum atomic E-state index is -1.18. The van der Waals surface area contributed by atoms with Gasteiger partial charge in [0.15, 0.2) is 0 Å². The van der Waals surface area contributed by atoms with Gasteiger partial charge in [0.2, 0.25) is 0 Å². The highest BCUT2D eigenvalue weighted by Gasteiger charge is 2.20. The highest BCUT2D eigenvalue weighted by molar-refractivity contribution is 5.86. The number of carbonyl (C=O) groups is 1. The number of aliphatic hydroxyl groups excluding tert-OH is 1. The number of amides is 1. The van der Waals surface area contributed by atoms with Crippen molar-refractivity contribution in [3.05, 3.63) is 88.2 Å². The van der Waals surface area contributed by atoms with Crippen molar-refractivity contribution in [3.63, 3.8) is 0 Å². The zero-order chi connectivity index (χ0) is 23.1. The molecule has 0 aliphatic rings. The van der Waals surface area contributed by atoms with Crippen molar-refractivity contribution in [2.75, 3.05) is 4.90 Å². The fraction of sp³-hybridized carbons (Fsp3) is 0.167. The largest absolute Gasteiger partial charge is 0.487 e. The van der Waals surface area contributed by atoms with Gasteiger partial charge in [-0.3, -0.25) is 9.88 Å². The van der Waals surface area contributed by atoms with E-state index in [2.05, 4.69) is 11.1 Å². The molecular weight excluding hydrogens is 408 g/mol. The van der Waals surface area contributed by atoms with Crippen molar-refractivity contribution in [2.45, 2.75) is 26.7 Å². The van der Waals surface area contributed by atoms with Gasteiger partial charge in [-0.1, -0.05) is 12.1 Å². The summed E-state index contributed by atoms with van der Waals surface area (Å²) in [5, 5.41) is 37.6. The first-order chi connectivity index (χ1) is 15.5. The van der Waals surface area contributed by atoms with Crippen molar-refractivity contribution < 1.29 is 19.7 Å². The van der Waals surface area contributed by atoms with Crippen LogP contribution in [0, 0.1) is 29.6 Å². The molecule has 0 spiro atoms. The van der Waals surface area contributed by atoms with E-state index in [4.69, 9.17) is 15.3 Å². The van der Waals surface area contributed by atoms with Gasteiger partial charge in [0.1, 0.15) is 12.4 Å². The number of nitriles is 2. The molecule has 0 saturated carbocycles. The van der Waals surface area contributed by atoms with E-state index in [9.17, 15) is 15.0 Å². The van der Waals surface area contributed by atoms with Gasteiger partial charge in [-0.15, -0.1) is 0 Å². The minimum Gasteiger partial charge on any atom is -0.487 e. The second kappa shape index (κ2) is 10.1. The first kappa shape index (κ1) is 22.3. The molecule has 3 rings (SSSR count). The standard InChI is InChI=1S/C24H20N4O4/c1-16-23(32-15-19-4-2-17(10-25)3-5-19)22(14-29)20(12-27-16)13-28(24(30)31)21-8-6-18(11-26)7-9-21/h2-9,12,29H,13-15H2,1H3,(H,30,31). The highest BCUT2D eigenvalue weighted by atomic mass is 16.5. The van der Waals surface area contributed by atoms with Crippen molar-refractivity contribution >= 4 is 11.8 Å². The molecule has 1 heterocycles. The lowest BCUT2D eigenvalue weighted by atomic mass is 10.1. The first-order valence-corrected chi connectivity index (χ1v) is 9.67. The zero-order valence-corrected chi connectivity index (χ0v) is 17.3. The summed E-state index contributed by atoms with van der Waals surface area (Å²) in [5.41, 5.74) is 3.70. The molecular formula is C24H20N4O4. The summed E-state index contributed by atoms with van der Waals surface area (Å²) in [6.45, 7) is 1.52. The number of hydrogen-bond acceptors (Lipinski definition) is 6. The van der Waals surface area contributed by atoms with Crippen LogP contribution in [0.3, 0.4) is 0 Å². The number of anilines is 1. The van der Waals surface area contributed by atoms with Gasteiger partial charge in [0.05, 0.1) is 42.1 Å². The molecule has 0 fully saturated rings. The quantitative estimate of drug-likeness (QED) is 0.584. The minimum absolute atomic E-state index is 0.0579. The third kappa shape index (κ3) is 5.01. The van der Waals surface area contributed by atoms with Crippen LogP contribution in [-0.2, 0) is 19.8 Å². The average molecular weight is 428 g/mol. The molecule has 0 aliphatic heterocycles. The van der Waals surface area contributed by atoms with E-state index in [1.165, 1.54) is 18.3 Å². The molecule has 1 aromatic heterocycles.